The summed E-state index contributed by atoms with van der Waals surface area (Å²) in [5, 5.41) is 2.62. The van der Waals surface area contributed by atoms with Crippen molar-refractivity contribution >= 4 is 6.03 Å². The minimum atomic E-state index is -2.52. The van der Waals surface area contributed by atoms with Crippen LogP contribution in [-0.4, -0.2) is 56.5 Å². The molecule has 0 radical (unpaired) electrons. The summed E-state index contributed by atoms with van der Waals surface area (Å²) in [6.07, 6.45) is -1.88. The first-order valence-corrected chi connectivity index (χ1v) is 6.37. The van der Waals surface area contributed by atoms with E-state index in [1.54, 1.807) is 0 Å². The van der Waals surface area contributed by atoms with Gasteiger partial charge in [-0.05, 0) is 12.8 Å². The number of hydrogen-bond acceptors (Lipinski definition) is 3. The summed E-state index contributed by atoms with van der Waals surface area (Å²) >= 11 is 0. The molecule has 1 fully saturated rings. The molecule has 1 atom stereocenters. The van der Waals surface area contributed by atoms with Gasteiger partial charge in [0.25, 0.3) is 6.43 Å². The molecule has 1 rings (SSSR count). The molecule has 0 unspecified atom stereocenters. The fraction of sp³-hybridized carbons (Fsp3) is 0.917. The van der Waals surface area contributed by atoms with Crippen molar-refractivity contribution < 1.29 is 23.0 Å². The number of ether oxygens (including phenoxy) is 2. The van der Waals surface area contributed by atoms with Crippen molar-refractivity contribution in [2.75, 3.05) is 33.4 Å². The van der Waals surface area contributed by atoms with Crippen LogP contribution in [0.15, 0.2) is 0 Å². The van der Waals surface area contributed by atoms with Gasteiger partial charge in [-0.1, -0.05) is 6.92 Å². The Balaban J connectivity index is 2.25. The molecule has 0 spiro atoms. The maximum absolute atomic E-state index is 12.1. The zero-order valence-electron chi connectivity index (χ0n) is 11.6. The summed E-state index contributed by atoms with van der Waals surface area (Å²) in [5.74, 6) is -0.467. The van der Waals surface area contributed by atoms with Crippen molar-refractivity contribution in [3.05, 3.63) is 0 Å². The summed E-state index contributed by atoms with van der Waals surface area (Å²) < 4.78 is 35.2. The first-order chi connectivity index (χ1) is 8.82. The largest absolute Gasteiger partial charge is 0.348 e. The van der Waals surface area contributed by atoms with E-state index in [-0.39, 0.29) is 5.92 Å². The Morgan fingerprint density at radius 1 is 1.42 bits per heavy atom. The van der Waals surface area contributed by atoms with Crippen LogP contribution in [0.4, 0.5) is 13.6 Å². The second-order valence-electron chi connectivity index (χ2n) is 5.10. The topological polar surface area (TPSA) is 50.8 Å². The lowest BCUT2D eigenvalue weighted by molar-refractivity contribution is -0.153. The molecule has 0 saturated carbocycles. The quantitative estimate of drug-likeness (QED) is 0.805. The van der Waals surface area contributed by atoms with E-state index in [1.807, 2.05) is 13.8 Å². The molecule has 2 amide bonds. The number of nitrogens with zero attached hydrogens (tertiary/aromatic N) is 1. The molecule has 0 aromatic carbocycles. The van der Waals surface area contributed by atoms with Gasteiger partial charge in [0, 0.05) is 20.0 Å². The van der Waals surface area contributed by atoms with Crippen LogP contribution in [-0.2, 0) is 9.47 Å². The normalized spacial score (nSPS) is 19.5. The van der Waals surface area contributed by atoms with Crippen LogP contribution in [0.5, 0.6) is 0 Å². The van der Waals surface area contributed by atoms with Crippen molar-refractivity contribution in [1.82, 2.24) is 10.2 Å². The van der Waals surface area contributed by atoms with Gasteiger partial charge >= 0.3 is 6.03 Å². The first kappa shape index (κ1) is 16.1. The number of nitrogens with one attached hydrogen (secondary N) is 1. The monoisotopic (exact) mass is 280 g/mol. The fourth-order valence-corrected chi connectivity index (χ4v) is 2.07. The molecule has 0 aromatic rings. The van der Waals surface area contributed by atoms with E-state index in [2.05, 4.69) is 5.32 Å². The molecule has 1 aliphatic heterocycles. The van der Waals surface area contributed by atoms with Crippen LogP contribution in [0.1, 0.15) is 20.3 Å². The lowest BCUT2D eigenvalue weighted by Gasteiger charge is -2.26. The third kappa shape index (κ3) is 5.69. The van der Waals surface area contributed by atoms with Crippen LogP contribution >= 0.6 is 0 Å². The van der Waals surface area contributed by atoms with E-state index >= 15 is 0 Å². The lowest BCUT2D eigenvalue weighted by atomic mass is 10.0. The number of carbonyl (C=O) groups is 1. The van der Waals surface area contributed by atoms with Gasteiger partial charge in [-0.2, -0.15) is 0 Å². The highest BCUT2D eigenvalue weighted by Gasteiger charge is 2.32. The Labute approximate surface area is 112 Å². The number of urea groups is 1. The number of carbonyl (C=O) groups excluding carboxylic acids is 1. The molecule has 0 bridgehead atoms. The van der Waals surface area contributed by atoms with Gasteiger partial charge in [0.1, 0.15) is 0 Å². The maximum Gasteiger partial charge on any atom is 0.317 e. The summed E-state index contributed by atoms with van der Waals surface area (Å²) in [6, 6.07) is -0.495. The molecule has 1 saturated heterocycles. The van der Waals surface area contributed by atoms with Crippen LogP contribution in [0.2, 0.25) is 0 Å². The minimum absolute atomic E-state index is 0.131. The Morgan fingerprint density at radius 3 is 2.53 bits per heavy atom. The van der Waals surface area contributed by atoms with E-state index in [9.17, 15) is 13.6 Å². The van der Waals surface area contributed by atoms with Gasteiger partial charge in [0.15, 0.2) is 5.79 Å². The third-order valence-electron chi connectivity index (χ3n) is 2.98. The van der Waals surface area contributed by atoms with Crippen LogP contribution in [0.3, 0.4) is 0 Å². The number of hydrogen-bond donors (Lipinski definition) is 1. The molecule has 112 valence electrons. The zero-order valence-corrected chi connectivity index (χ0v) is 11.6. The zero-order chi connectivity index (χ0) is 14.5. The molecule has 1 aliphatic rings. The van der Waals surface area contributed by atoms with Crippen molar-refractivity contribution in [3.8, 4) is 0 Å². The lowest BCUT2D eigenvalue weighted by Crippen LogP contribution is -2.42. The summed E-state index contributed by atoms with van der Waals surface area (Å²) in [6.45, 7) is 4.79. The van der Waals surface area contributed by atoms with Crippen molar-refractivity contribution in [3.63, 3.8) is 0 Å². The first-order valence-electron chi connectivity index (χ1n) is 6.37. The molecule has 19 heavy (non-hydrogen) atoms. The highest BCUT2D eigenvalue weighted by molar-refractivity contribution is 5.73. The number of halogens is 2. The minimum Gasteiger partial charge on any atom is -0.348 e. The van der Waals surface area contributed by atoms with E-state index < -0.39 is 24.8 Å². The van der Waals surface area contributed by atoms with E-state index in [0.717, 1.165) is 4.90 Å². The van der Waals surface area contributed by atoms with Crippen LogP contribution < -0.4 is 5.32 Å². The highest BCUT2D eigenvalue weighted by atomic mass is 19.3. The van der Waals surface area contributed by atoms with E-state index in [0.29, 0.717) is 26.2 Å². The molecule has 1 N–H and O–H groups in total. The third-order valence-corrected chi connectivity index (χ3v) is 2.98. The Morgan fingerprint density at radius 2 is 2.00 bits per heavy atom. The molecular formula is C12H22F2N2O3. The molecule has 0 aliphatic carbocycles. The van der Waals surface area contributed by atoms with Gasteiger partial charge in [-0.3, -0.25) is 0 Å². The molecule has 1 heterocycles. The van der Waals surface area contributed by atoms with E-state index in [1.165, 1.54) is 7.05 Å². The van der Waals surface area contributed by atoms with Crippen molar-refractivity contribution in [1.29, 1.82) is 0 Å². The number of alkyl halides is 2. The SMILES string of the molecule is C[C@H](CNC(=O)N(C)CC(F)F)CC1(C)OCCO1. The smallest absolute Gasteiger partial charge is 0.317 e. The Kier molecular flexibility index (Phi) is 5.93. The van der Waals surface area contributed by atoms with Gasteiger partial charge in [0.05, 0.1) is 19.8 Å². The van der Waals surface area contributed by atoms with Gasteiger partial charge in [-0.25, -0.2) is 13.6 Å². The molecule has 7 heteroatoms. The Bertz CT molecular complexity index is 297. The standard InChI is InChI=1S/C12H22F2N2O3/c1-9(6-12(2)18-4-5-19-12)7-15-11(17)16(3)8-10(13)14/h9-10H,4-8H2,1-3H3,(H,15,17)/t9-/m0/s1. The van der Waals surface area contributed by atoms with Crippen molar-refractivity contribution in [2.24, 2.45) is 5.92 Å². The molecular weight excluding hydrogens is 258 g/mol. The number of amides is 2. The van der Waals surface area contributed by atoms with Crippen LogP contribution in [0, 0.1) is 5.92 Å². The van der Waals surface area contributed by atoms with Gasteiger partial charge in [0.2, 0.25) is 0 Å². The predicted molar refractivity (Wildman–Crippen MR) is 66.1 cm³/mol. The fourth-order valence-electron chi connectivity index (χ4n) is 2.07. The van der Waals surface area contributed by atoms with Gasteiger partial charge < -0.3 is 19.7 Å². The van der Waals surface area contributed by atoms with Crippen LogP contribution in [0.25, 0.3) is 0 Å². The van der Waals surface area contributed by atoms with E-state index in [4.69, 9.17) is 9.47 Å². The van der Waals surface area contributed by atoms with Gasteiger partial charge in [-0.15, -0.1) is 0 Å². The molecule has 0 aromatic heterocycles. The average molecular weight is 280 g/mol. The maximum atomic E-state index is 12.1. The molecule has 5 nitrogen and oxygen atoms in total. The van der Waals surface area contributed by atoms with Crippen molar-refractivity contribution in [2.45, 2.75) is 32.5 Å². The summed E-state index contributed by atoms with van der Waals surface area (Å²) in [5.41, 5.74) is 0. The number of rotatable bonds is 6. The second-order valence-corrected chi connectivity index (χ2v) is 5.10. The highest BCUT2D eigenvalue weighted by Crippen LogP contribution is 2.26. The predicted octanol–water partition coefficient (Wildman–Crippen LogP) is 1.68. The average Bonchev–Trinajstić information content (AvgIpc) is 2.71. The summed E-state index contributed by atoms with van der Waals surface area (Å²) in [4.78, 5) is 12.5. The Hall–Kier alpha value is -0.950. The summed E-state index contributed by atoms with van der Waals surface area (Å²) in [7, 11) is 1.34. The second kappa shape index (κ2) is 7.00.